The summed E-state index contributed by atoms with van der Waals surface area (Å²) >= 11 is 0. The summed E-state index contributed by atoms with van der Waals surface area (Å²) in [6.07, 6.45) is -0.00971. The molecule has 0 atom stereocenters. The highest BCUT2D eigenvalue weighted by Gasteiger charge is 2.42. The molecular weight excluding hydrogens is 360 g/mol. The van der Waals surface area contributed by atoms with Gasteiger partial charge in [0.15, 0.2) is 0 Å². The Morgan fingerprint density at radius 3 is 1.79 bits per heavy atom. The first-order valence-electron chi connectivity index (χ1n) is 9.10. The third-order valence-corrected chi connectivity index (χ3v) is 4.63. The monoisotopic (exact) mass is 388 g/mol. The number of para-hydroxylation sites is 2. The Kier molecular flexibility index (Phi) is 5.55. The second-order valence-electron chi connectivity index (χ2n) is 8.77. The van der Waals surface area contributed by atoms with Crippen molar-refractivity contribution in [2.24, 2.45) is 5.41 Å². The van der Waals surface area contributed by atoms with Crippen LogP contribution in [0.5, 0.6) is 0 Å². The Hall–Kier alpha value is -2.90. The van der Waals surface area contributed by atoms with Crippen molar-refractivity contribution >= 4 is 35.0 Å². The van der Waals surface area contributed by atoms with Gasteiger partial charge in [-0.3, -0.25) is 19.2 Å². The van der Waals surface area contributed by atoms with Crippen LogP contribution >= 0.6 is 0 Å². The molecule has 28 heavy (non-hydrogen) atoms. The fourth-order valence-electron chi connectivity index (χ4n) is 2.68. The quantitative estimate of drug-likeness (QED) is 0.507. The van der Waals surface area contributed by atoms with E-state index in [2.05, 4.69) is 21.3 Å². The van der Waals surface area contributed by atoms with Gasteiger partial charge in [-0.2, -0.15) is 0 Å². The van der Waals surface area contributed by atoms with Crippen molar-refractivity contribution in [1.29, 1.82) is 0 Å². The first kappa shape index (κ1) is 21.4. The smallest absolute Gasteiger partial charge is 0.249 e. The molecular formula is C20H28N4O4. The second-order valence-corrected chi connectivity index (χ2v) is 8.77. The van der Waals surface area contributed by atoms with Crippen LogP contribution in [0.1, 0.15) is 48.0 Å². The lowest BCUT2D eigenvalue weighted by Crippen LogP contribution is -2.60. The van der Waals surface area contributed by atoms with Crippen molar-refractivity contribution in [3.05, 3.63) is 24.3 Å². The first-order chi connectivity index (χ1) is 12.7. The van der Waals surface area contributed by atoms with Crippen LogP contribution in [0, 0.1) is 5.41 Å². The fraction of sp³-hybridized carbons (Fsp3) is 0.500. The number of rotatable bonds is 0. The number of benzene rings is 1. The molecule has 4 amide bonds. The topological polar surface area (TPSA) is 116 Å². The largest absolute Gasteiger partial charge is 0.350 e. The van der Waals surface area contributed by atoms with Crippen LogP contribution in [0.3, 0.4) is 0 Å². The molecule has 1 heterocycles. The van der Waals surface area contributed by atoms with Crippen LogP contribution < -0.4 is 21.3 Å². The minimum Gasteiger partial charge on any atom is -0.350 e. The van der Waals surface area contributed by atoms with Crippen LogP contribution in [0.2, 0.25) is 0 Å². The number of hydrogen-bond acceptors (Lipinski definition) is 4. The Bertz CT molecular complexity index is 827. The molecule has 1 aliphatic heterocycles. The summed E-state index contributed by atoms with van der Waals surface area (Å²) < 4.78 is 0. The average molecular weight is 388 g/mol. The average Bonchev–Trinajstić information content (AvgIpc) is 2.54. The van der Waals surface area contributed by atoms with Gasteiger partial charge in [-0.25, -0.2) is 0 Å². The maximum Gasteiger partial charge on any atom is 0.249 e. The van der Waals surface area contributed by atoms with E-state index >= 15 is 0 Å². The lowest BCUT2D eigenvalue weighted by Gasteiger charge is -2.34. The zero-order valence-corrected chi connectivity index (χ0v) is 17.1. The molecule has 0 spiro atoms. The molecule has 1 aromatic rings. The van der Waals surface area contributed by atoms with E-state index in [1.165, 1.54) is 13.8 Å². The predicted molar refractivity (Wildman–Crippen MR) is 107 cm³/mol. The summed E-state index contributed by atoms with van der Waals surface area (Å²) in [5.41, 5.74) is -2.75. The predicted octanol–water partition coefficient (Wildman–Crippen LogP) is 1.78. The molecule has 0 aliphatic carbocycles. The first-order valence-corrected chi connectivity index (χ1v) is 9.10. The van der Waals surface area contributed by atoms with E-state index in [0.717, 1.165) is 0 Å². The van der Waals surface area contributed by atoms with E-state index < -0.39 is 34.2 Å². The normalized spacial score (nSPS) is 21.9. The van der Waals surface area contributed by atoms with Crippen molar-refractivity contribution in [3.8, 4) is 0 Å². The van der Waals surface area contributed by atoms with Crippen molar-refractivity contribution < 1.29 is 19.2 Å². The summed E-state index contributed by atoms with van der Waals surface area (Å²) in [6.45, 7) is 9.46. The molecule has 2 rings (SSSR count). The molecule has 152 valence electrons. The zero-order chi connectivity index (χ0) is 21.3. The third kappa shape index (κ3) is 4.68. The van der Waals surface area contributed by atoms with Gasteiger partial charge >= 0.3 is 0 Å². The molecule has 8 heteroatoms. The SMILES string of the molecule is CC1(C)CC(=O)Nc2ccccc2NC(=O)C(C)(C)NC(=O)C(C)(C)C(=O)N1. The number of carbonyl (C=O) groups excluding carboxylic acids is 4. The van der Waals surface area contributed by atoms with Crippen molar-refractivity contribution in [3.63, 3.8) is 0 Å². The van der Waals surface area contributed by atoms with E-state index in [1.54, 1.807) is 52.0 Å². The maximum absolute atomic E-state index is 12.8. The van der Waals surface area contributed by atoms with Crippen LogP contribution in [-0.4, -0.2) is 34.7 Å². The molecule has 0 fully saturated rings. The zero-order valence-electron chi connectivity index (χ0n) is 17.1. The maximum atomic E-state index is 12.8. The summed E-state index contributed by atoms with van der Waals surface area (Å²) in [5, 5.41) is 10.9. The third-order valence-electron chi connectivity index (χ3n) is 4.63. The van der Waals surface area contributed by atoms with Gasteiger partial charge in [0.1, 0.15) is 11.0 Å². The molecule has 0 radical (unpaired) electrons. The molecule has 8 nitrogen and oxygen atoms in total. The van der Waals surface area contributed by atoms with Gasteiger partial charge in [0.2, 0.25) is 23.6 Å². The number of carbonyl (C=O) groups is 4. The van der Waals surface area contributed by atoms with Crippen LogP contribution in [0.25, 0.3) is 0 Å². The number of nitrogens with one attached hydrogen (secondary N) is 4. The fourth-order valence-corrected chi connectivity index (χ4v) is 2.68. The van der Waals surface area contributed by atoms with Gasteiger partial charge in [0.05, 0.1) is 11.4 Å². The van der Waals surface area contributed by atoms with Gasteiger partial charge in [0.25, 0.3) is 0 Å². The summed E-state index contributed by atoms with van der Waals surface area (Å²) in [6, 6.07) is 6.79. The van der Waals surface area contributed by atoms with E-state index in [4.69, 9.17) is 0 Å². The highest BCUT2D eigenvalue weighted by Crippen LogP contribution is 2.25. The summed E-state index contributed by atoms with van der Waals surface area (Å²) in [7, 11) is 0. The molecule has 1 aromatic carbocycles. The van der Waals surface area contributed by atoms with E-state index in [9.17, 15) is 19.2 Å². The van der Waals surface area contributed by atoms with Gasteiger partial charge < -0.3 is 21.3 Å². The van der Waals surface area contributed by atoms with E-state index in [1.807, 2.05) is 0 Å². The summed E-state index contributed by atoms with van der Waals surface area (Å²) in [4.78, 5) is 50.8. The minimum atomic E-state index is -1.44. The van der Waals surface area contributed by atoms with Gasteiger partial charge in [0, 0.05) is 12.0 Å². The lowest BCUT2D eigenvalue weighted by atomic mass is 9.87. The summed E-state index contributed by atoms with van der Waals surface area (Å²) in [5.74, 6) is -1.92. The van der Waals surface area contributed by atoms with Crippen LogP contribution in [0.15, 0.2) is 24.3 Å². The number of fused-ring (bicyclic) bond motifs is 1. The van der Waals surface area contributed by atoms with Crippen LogP contribution in [0.4, 0.5) is 11.4 Å². The molecule has 1 aliphatic rings. The lowest BCUT2D eigenvalue weighted by molar-refractivity contribution is -0.144. The molecule has 0 aromatic heterocycles. The van der Waals surface area contributed by atoms with Crippen LogP contribution in [-0.2, 0) is 19.2 Å². The van der Waals surface area contributed by atoms with E-state index in [-0.39, 0.29) is 12.3 Å². The van der Waals surface area contributed by atoms with Gasteiger partial charge in [-0.1, -0.05) is 12.1 Å². The van der Waals surface area contributed by atoms with Gasteiger partial charge in [-0.05, 0) is 53.7 Å². The Balaban J connectivity index is 2.48. The Morgan fingerprint density at radius 1 is 0.714 bits per heavy atom. The highest BCUT2D eigenvalue weighted by atomic mass is 16.2. The second kappa shape index (κ2) is 7.26. The Labute approximate surface area is 164 Å². The van der Waals surface area contributed by atoms with Gasteiger partial charge in [-0.15, -0.1) is 0 Å². The highest BCUT2D eigenvalue weighted by molar-refractivity contribution is 6.09. The van der Waals surface area contributed by atoms with Crippen molar-refractivity contribution in [2.75, 3.05) is 10.6 Å². The molecule has 0 bridgehead atoms. The molecule has 0 saturated heterocycles. The number of amides is 4. The van der Waals surface area contributed by atoms with Crippen molar-refractivity contribution in [2.45, 2.75) is 59.0 Å². The molecule has 0 saturated carbocycles. The Morgan fingerprint density at radius 2 is 1.21 bits per heavy atom. The van der Waals surface area contributed by atoms with Crippen molar-refractivity contribution in [1.82, 2.24) is 10.6 Å². The molecule has 4 N–H and O–H groups in total. The number of hydrogen-bond donors (Lipinski definition) is 4. The molecule has 0 unspecified atom stereocenters. The van der Waals surface area contributed by atoms with E-state index in [0.29, 0.717) is 11.4 Å². The number of anilines is 2. The standard InChI is InChI=1S/C20H28N4O4/c1-18(2)11-14(25)21-12-9-7-8-10-13(12)22-17(28)20(5,6)24-16(27)19(3,4)15(26)23-18/h7-10H,11H2,1-6H3,(H,21,25)(H,22,28)(H,23,26)(H,24,27). The minimum absolute atomic E-state index is 0.00971.